The fourth-order valence-corrected chi connectivity index (χ4v) is 2.65. The van der Waals surface area contributed by atoms with E-state index in [1.807, 2.05) is 63.2 Å². The molecule has 0 fully saturated rings. The lowest BCUT2D eigenvalue weighted by molar-refractivity contribution is 0.102. The van der Waals surface area contributed by atoms with Gasteiger partial charge < -0.3 is 20.1 Å². The topological polar surface area (TPSA) is 85.4 Å². The van der Waals surface area contributed by atoms with E-state index in [4.69, 9.17) is 9.47 Å². The van der Waals surface area contributed by atoms with Gasteiger partial charge in [0, 0.05) is 6.07 Å². The maximum atomic E-state index is 12.7. The number of anilines is 3. The number of nitrogens with zero attached hydrogens (tertiary/aromatic N) is 2. The second-order valence-electron chi connectivity index (χ2n) is 6.46. The second-order valence-corrected chi connectivity index (χ2v) is 6.46. The monoisotopic (exact) mass is 392 g/mol. The summed E-state index contributed by atoms with van der Waals surface area (Å²) in [5, 5.41) is 6.02. The molecule has 0 aliphatic heterocycles. The summed E-state index contributed by atoms with van der Waals surface area (Å²) in [5.74, 6) is 1.45. The van der Waals surface area contributed by atoms with Gasteiger partial charge in [0.1, 0.15) is 29.3 Å². The SMILES string of the molecule is CCOc1ccccc1Nc1cc(C(=O)Nc2ccccc2OC(C)C)ncn1. The van der Waals surface area contributed by atoms with Gasteiger partial charge in [-0.2, -0.15) is 0 Å². The van der Waals surface area contributed by atoms with E-state index in [-0.39, 0.29) is 17.7 Å². The van der Waals surface area contributed by atoms with Crippen molar-refractivity contribution in [2.45, 2.75) is 26.9 Å². The Morgan fingerprint density at radius 2 is 1.69 bits per heavy atom. The lowest BCUT2D eigenvalue weighted by atomic mass is 10.2. The molecule has 29 heavy (non-hydrogen) atoms. The van der Waals surface area contributed by atoms with Crippen molar-refractivity contribution in [1.82, 2.24) is 9.97 Å². The summed E-state index contributed by atoms with van der Waals surface area (Å²) < 4.78 is 11.4. The van der Waals surface area contributed by atoms with Gasteiger partial charge in [0.2, 0.25) is 0 Å². The van der Waals surface area contributed by atoms with Gasteiger partial charge >= 0.3 is 0 Å². The maximum Gasteiger partial charge on any atom is 0.274 e. The summed E-state index contributed by atoms with van der Waals surface area (Å²) in [4.78, 5) is 21.0. The van der Waals surface area contributed by atoms with Crippen molar-refractivity contribution < 1.29 is 14.3 Å². The minimum atomic E-state index is -0.353. The van der Waals surface area contributed by atoms with Crippen LogP contribution in [0.15, 0.2) is 60.9 Å². The van der Waals surface area contributed by atoms with E-state index in [1.165, 1.54) is 6.33 Å². The number of hydrogen-bond donors (Lipinski definition) is 2. The molecule has 7 nitrogen and oxygen atoms in total. The average molecular weight is 392 g/mol. The fraction of sp³-hybridized carbons (Fsp3) is 0.227. The van der Waals surface area contributed by atoms with Crippen LogP contribution >= 0.6 is 0 Å². The van der Waals surface area contributed by atoms with Gasteiger partial charge in [-0.1, -0.05) is 24.3 Å². The lowest BCUT2D eigenvalue weighted by Gasteiger charge is -2.15. The first-order chi connectivity index (χ1) is 14.1. The molecule has 0 radical (unpaired) electrons. The van der Waals surface area contributed by atoms with E-state index in [0.717, 1.165) is 5.69 Å². The molecule has 2 aromatic carbocycles. The molecule has 1 amide bonds. The van der Waals surface area contributed by atoms with Crippen LogP contribution in [0.4, 0.5) is 17.2 Å². The Morgan fingerprint density at radius 1 is 1.00 bits per heavy atom. The minimum Gasteiger partial charge on any atom is -0.492 e. The number of para-hydroxylation sites is 4. The number of hydrogen-bond acceptors (Lipinski definition) is 6. The van der Waals surface area contributed by atoms with Gasteiger partial charge in [-0.15, -0.1) is 0 Å². The third-order valence-corrected chi connectivity index (χ3v) is 3.85. The summed E-state index contributed by atoms with van der Waals surface area (Å²) in [7, 11) is 0. The predicted molar refractivity (Wildman–Crippen MR) is 113 cm³/mol. The first-order valence-electron chi connectivity index (χ1n) is 9.44. The molecule has 0 saturated heterocycles. The molecular formula is C22H24N4O3. The Balaban J connectivity index is 1.77. The summed E-state index contributed by atoms with van der Waals surface area (Å²) in [6.45, 7) is 6.33. The Kier molecular flexibility index (Phi) is 6.63. The average Bonchev–Trinajstić information content (AvgIpc) is 2.71. The van der Waals surface area contributed by atoms with Crippen molar-refractivity contribution in [2.75, 3.05) is 17.2 Å². The Bertz CT molecular complexity index is 976. The van der Waals surface area contributed by atoms with Crippen LogP contribution in [-0.2, 0) is 0 Å². The zero-order valence-electron chi connectivity index (χ0n) is 16.7. The Morgan fingerprint density at radius 3 is 2.41 bits per heavy atom. The summed E-state index contributed by atoms with van der Waals surface area (Å²) in [6, 6.07) is 16.4. The molecule has 0 atom stereocenters. The highest BCUT2D eigenvalue weighted by atomic mass is 16.5. The summed E-state index contributed by atoms with van der Waals surface area (Å²) >= 11 is 0. The predicted octanol–water partition coefficient (Wildman–Crippen LogP) is 4.66. The lowest BCUT2D eigenvalue weighted by Crippen LogP contribution is -2.16. The van der Waals surface area contributed by atoms with Crippen LogP contribution in [0.5, 0.6) is 11.5 Å². The molecular weight excluding hydrogens is 368 g/mol. The highest BCUT2D eigenvalue weighted by Crippen LogP contribution is 2.27. The summed E-state index contributed by atoms with van der Waals surface area (Å²) in [6.07, 6.45) is 1.34. The largest absolute Gasteiger partial charge is 0.492 e. The molecule has 0 unspecified atom stereocenters. The number of benzene rings is 2. The minimum absolute atomic E-state index is 0.00619. The highest BCUT2D eigenvalue weighted by molar-refractivity contribution is 6.04. The first-order valence-corrected chi connectivity index (χ1v) is 9.44. The van der Waals surface area contributed by atoms with Crippen LogP contribution in [0.1, 0.15) is 31.3 Å². The van der Waals surface area contributed by atoms with E-state index in [9.17, 15) is 4.79 Å². The number of nitrogens with one attached hydrogen (secondary N) is 2. The number of aromatic nitrogens is 2. The fourth-order valence-electron chi connectivity index (χ4n) is 2.65. The molecule has 3 rings (SSSR count). The van der Waals surface area contributed by atoms with Crippen LogP contribution in [0, 0.1) is 0 Å². The normalized spacial score (nSPS) is 10.5. The van der Waals surface area contributed by atoms with E-state index in [0.29, 0.717) is 29.6 Å². The van der Waals surface area contributed by atoms with Crippen LogP contribution in [0.2, 0.25) is 0 Å². The van der Waals surface area contributed by atoms with Crippen LogP contribution in [0.3, 0.4) is 0 Å². The zero-order valence-corrected chi connectivity index (χ0v) is 16.7. The molecule has 0 aliphatic carbocycles. The third kappa shape index (κ3) is 5.44. The molecule has 0 aliphatic rings. The quantitative estimate of drug-likeness (QED) is 0.580. The van der Waals surface area contributed by atoms with E-state index in [2.05, 4.69) is 20.6 Å². The molecule has 2 N–H and O–H groups in total. The third-order valence-electron chi connectivity index (χ3n) is 3.85. The van der Waals surface area contributed by atoms with Crippen molar-refractivity contribution in [3.63, 3.8) is 0 Å². The summed E-state index contributed by atoms with van der Waals surface area (Å²) in [5.41, 5.74) is 1.58. The van der Waals surface area contributed by atoms with E-state index in [1.54, 1.807) is 12.1 Å². The molecule has 7 heteroatoms. The maximum absolute atomic E-state index is 12.7. The molecule has 0 spiro atoms. The van der Waals surface area contributed by atoms with Gasteiger partial charge in [-0.3, -0.25) is 4.79 Å². The number of amides is 1. The van der Waals surface area contributed by atoms with E-state index < -0.39 is 0 Å². The van der Waals surface area contributed by atoms with Crippen molar-refractivity contribution in [1.29, 1.82) is 0 Å². The zero-order chi connectivity index (χ0) is 20.6. The van der Waals surface area contributed by atoms with Crippen molar-refractivity contribution in [3.8, 4) is 11.5 Å². The number of rotatable bonds is 8. The van der Waals surface area contributed by atoms with Gasteiger partial charge in [-0.25, -0.2) is 9.97 Å². The van der Waals surface area contributed by atoms with E-state index >= 15 is 0 Å². The Hall–Kier alpha value is -3.61. The van der Waals surface area contributed by atoms with Crippen molar-refractivity contribution in [3.05, 3.63) is 66.6 Å². The molecule has 1 aromatic heterocycles. The number of ether oxygens (including phenoxy) is 2. The van der Waals surface area contributed by atoms with Gasteiger partial charge in [0.15, 0.2) is 0 Å². The standard InChI is InChI=1S/C22H24N4O3/c1-4-28-19-11-7-5-9-16(19)25-21-13-18(23-14-24-21)22(27)26-17-10-6-8-12-20(17)29-15(2)3/h5-15H,4H2,1-3H3,(H,26,27)(H,23,24,25). The Labute approximate surface area is 170 Å². The van der Waals surface area contributed by atoms with Crippen molar-refractivity contribution in [2.24, 2.45) is 0 Å². The highest BCUT2D eigenvalue weighted by Gasteiger charge is 2.13. The smallest absolute Gasteiger partial charge is 0.274 e. The molecule has 0 bridgehead atoms. The van der Waals surface area contributed by atoms with Crippen LogP contribution in [-0.4, -0.2) is 28.6 Å². The van der Waals surface area contributed by atoms with Gasteiger partial charge in [0.05, 0.1) is 24.1 Å². The molecule has 1 heterocycles. The van der Waals surface area contributed by atoms with Gasteiger partial charge in [-0.05, 0) is 45.0 Å². The molecule has 150 valence electrons. The van der Waals surface area contributed by atoms with Gasteiger partial charge in [0.25, 0.3) is 5.91 Å². The van der Waals surface area contributed by atoms with Crippen LogP contribution < -0.4 is 20.1 Å². The molecule has 0 saturated carbocycles. The van der Waals surface area contributed by atoms with Crippen LogP contribution in [0.25, 0.3) is 0 Å². The molecule has 3 aromatic rings. The number of carbonyl (C=O) groups excluding carboxylic acids is 1. The first kappa shape index (κ1) is 20.1. The van der Waals surface area contributed by atoms with Crippen molar-refractivity contribution >= 4 is 23.1 Å². The number of carbonyl (C=O) groups is 1. The second kappa shape index (κ2) is 9.54.